The largest absolute Gasteiger partial charge is 0.457 e. The number of piperazine rings is 1. The summed E-state index contributed by atoms with van der Waals surface area (Å²) < 4.78 is 7.88. The molecule has 0 radical (unpaired) electrons. The number of nitrogens with two attached hydrogens (primary N) is 1. The van der Waals surface area contributed by atoms with Crippen LogP contribution >= 0.6 is 0 Å². The minimum atomic E-state index is -1.03. The Morgan fingerprint density at radius 1 is 0.873 bits per heavy atom. The molecule has 2 aromatic heterocycles. The van der Waals surface area contributed by atoms with Crippen LogP contribution < -0.4 is 15.8 Å². The van der Waals surface area contributed by atoms with E-state index in [9.17, 15) is 24.0 Å². The summed E-state index contributed by atoms with van der Waals surface area (Å²) >= 11 is 0. The zero-order chi connectivity index (χ0) is 43.2. The van der Waals surface area contributed by atoms with Gasteiger partial charge in [-0.2, -0.15) is 5.10 Å². The summed E-state index contributed by atoms with van der Waals surface area (Å²) in [4.78, 5) is 81.8. The summed E-state index contributed by atoms with van der Waals surface area (Å²) in [5.41, 5.74) is 9.63. The fraction of sp³-hybridized carbons (Fsp3) is 0.362. The summed E-state index contributed by atoms with van der Waals surface area (Å²) in [6.45, 7) is 4.08. The summed E-state index contributed by atoms with van der Waals surface area (Å²) in [5.74, 6) is 7.04. The number of likely N-dealkylation sites (tertiary alicyclic amines) is 1. The Balaban J connectivity index is 0.756. The van der Waals surface area contributed by atoms with E-state index in [1.807, 2.05) is 81.2 Å². The van der Waals surface area contributed by atoms with E-state index in [-0.39, 0.29) is 36.1 Å². The molecule has 5 aromatic rings. The second-order valence-electron chi connectivity index (χ2n) is 17.0. The zero-order valence-electron chi connectivity index (χ0n) is 34.7. The molecule has 3 aromatic carbocycles. The lowest BCUT2D eigenvalue weighted by Crippen LogP contribution is -2.54. The van der Waals surface area contributed by atoms with Gasteiger partial charge < -0.3 is 25.2 Å². The van der Waals surface area contributed by atoms with Gasteiger partial charge in [-0.1, -0.05) is 30.0 Å². The third-order valence-corrected chi connectivity index (χ3v) is 12.9. The standard InChI is InChI=1S/C47H46N10O6/c48-41-39-40(31-11-13-35(14-12-31)63-34-8-2-1-3-9-34)52-57(42(39)50-29-49-41)33-7-5-21-55(28-33)46(62)47(18-19-47)45(61)54-24-22-53(23-25-54)20-4-6-30-10-15-36-32(26-30)27-56(44(36)60)37-16-17-38(58)51-43(37)59/h1-3,8-15,26,29,33,37H,5,7,16-25,27-28H2,(H2,48,49,50)(H,51,58,59)/t33-,37?/m1/s1. The lowest BCUT2D eigenvalue weighted by molar-refractivity contribution is -0.151. The van der Waals surface area contributed by atoms with E-state index >= 15 is 0 Å². The van der Waals surface area contributed by atoms with Crippen molar-refractivity contribution in [3.05, 3.63) is 95.8 Å². The van der Waals surface area contributed by atoms with Crippen molar-refractivity contribution < 1.29 is 28.7 Å². The van der Waals surface area contributed by atoms with E-state index in [1.165, 1.54) is 11.2 Å². The predicted octanol–water partition coefficient (Wildman–Crippen LogP) is 3.77. The van der Waals surface area contributed by atoms with Crippen LogP contribution in [0.4, 0.5) is 5.82 Å². The quantitative estimate of drug-likeness (QED) is 0.132. The van der Waals surface area contributed by atoms with E-state index in [1.54, 1.807) is 6.07 Å². The van der Waals surface area contributed by atoms with Crippen molar-refractivity contribution in [3.63, 3.8) is 0 Å². The SMILES string of the molecule is Nc1ncnc2c1c(-c1ccc(Oc3ccccc3)cc1)nn2[C@@H]1CCCN(C(=O)C2(C(=O)N3CCN(CC#Cc4ccc5c(c4)CN(C4CCC(=O)NC4=O)C5=O)CC3)CC2)C1. The molecule has 1 unspecified atom stereocenters. The fourth-order valence-electron chi connectivity index (χ4n) is 9.36. The molecule has 5 amide bonds. The highest BCUT2D eigenvalue weighted by Gasteiger charge is 2.60. The smallest absolute Gasteiger partial charge is 0.255 e. The third-order valence-electron chi connectivity index (χ3n) is 12.9. The molecule has 6 heterocycles. The number of fused-ring (bicyclic) bond motifs is 2. The number of aromatic nitrogens is 4. The van der Waals surface area contributed by atoms with Gasteiger partial charge in [0.05, 0.1) is 18.0 Å². The topological polar surface area (TPSA) is 189 Å². The highest BCUT2D eigenvalue weighted by molar-refractivity contribution is 6.08. The Morgan fingerprint density at radius 3 is 2.40 bits per heavy atom. The zero-order valence-corrected chi connectivity index (χ0v) is 34.7. The van der Waals surface area contributed by atoms with Crippen LogP contribution in [0.25, 0.3) is 22.3 Å². The van der Waals surface area contributed by atoms with Crippen molar-refractivity contribution in [2.45, 2.75) is 57.2 Å². The Hall–Kier alpha value is -7.12. The van der Waals surface area contributed by atoms with E-state index in [0.717, 1.165) is 35.3 Å². The Labute approximate surface area is 363 Å². The van der Waals surface area contributed by atoms with Crippen LogP contribution in [0.5, 0.6) is 11.5 Å². The number of rotatable bonds is 8. The molecule has 0 spiro atoms. The molecule has 4 aliphatic heterocycles. The first-order chi connectivity index (χ1) is 30.6. The van der Waals surface area contributed by atoms with Crippen LogP contribution in [0, 0.1) is 17.3 Å². The minimum Gasteiger partial charge on any atom is -0.457 e. The molecule has 0 bridgehead atoms. The number of nitrogens with zero attached hydrogens (tertiary/aromatic N) is 8. The fourth-order valence-corrected chi connectivity index (χ4v) is 9.36. The molecular weight excluding hydrogens is 801 g/mol. The van der Waals surface area contributed by atoms with Gasteiger partial charge in [0, 0.05) is 68.9 Å². The lowest BCUT2D eigenvalue weighted by atomic mass is 9.98. The first-order valence-corrected chi connectivity index (χ1v) is 21.5. The number of carbonyl (C=O) groups is 5. The lowest BCUT2D eigenvalue weighted by Gasteiger charge is -2.38. The number of para-hydroxylation sites is 1. The average molecular weight is 847 g/mol. The molecule has 320 valence electrons. The van der Waals surface area contributed by atoms with Gasteiger partial charge in [0.1, 0.15) is 40.8 Å². The van der Waals surface area contributed by atoms with Crippen molar-refractivity contribution in [3.8, 4) is 34.6 Å². The Kier molecular flexibility index (Phi) is 10.3. The molecule has 1 saturated carbocycles. The van der Waals surface area contributed by atoms with E-state index in [0.29, 0.717) is 105 Å². The van der Waals surface area contributed by atoms with Crippen molar-refractivity contribution in [2.24, 2.45) is 5.41 Å². The Morgan fingerprint density at radius 2 is 1.63 bits per heavy atom. The van der Waals surface area contributed by atoms with Gasteiger partial charge in [-0.3, -0.25) is 34.2 Å². The molecule has 16 heteroatoms. The van der Waals surface area contributed by atoms with Gasteiger partial charge in [0.25, 0.3) is 5.91 Å². The summed E-state index contributed by atoms with van der Waals surface area (Å²) in [6, 6.07) is 21.8. The number of amides is 5. The molecule has 10 rings (SSSR count). The molecule has 16 nitrogen and oxygen atoms in total. The van der Waals surface area contributed by atoms with Gasteiger partial charge >= 0.3 is 0 Å². The minimum absolute atomic E-state index is 0.0913. The van der Waals surface area contributed by atoms with Gasteiger partial charge in [0.2, 0.25) is 23.6 Å². The predicted molar refractivity (Wildman–Crippen MR) is 231 cm³/mol. The van der Waals surface area contributed by atoms with Crippen molar-refractivity contribution in [1.82, 2.24) is 44.7 Å². The van der Waals surface area contributed by atoms with Gasteiger partial charge in [-0.05, 0) is 92.3 Å². The van der Waals surface area contributed by atoms with Gasteiger partial charge in [-0.25, -0.2) is 14.6 Å². The molecule has 3 saturated heterocycles. The van der Waals surface area contributed by atoms with Crippen LogP contribution in [0.3, 0.4) is 0 Å². The number of nitrogens with one attached hydrogen (secondary N) is 1. The molecule has 2 atom stereocenters. The maximum Gasteiger partial charge on any atom is 0.255 e. The molecule has 3 N–H and O–H groups in total. The van der Waals surface area contributed by atoms with E-state index in [4.69, 9.17) is 15.6 Å². The summed E-state index contributed by atoms with van der Waals surface area (Å²) in [6.07, 6.45) is 4.58. The summed E-state index contributed by atoms with van der Waals surface area (Å²) in [5, 5.41) is 8.04. The number of nitrogen functional groups attached to an aromatic ring is 1. The number of piperidine rings is 2. The van der Waals surface area contributed by atoms with E-state index < -0.39 is 17.4 Å². The van der Waals surface area contributed by atoms with Crippen molar-refractivity contribution in [2.75, 3.05) is 51.5 Å². The van der Waals surface area contributed by atoms with Crippen LogP contribution in [-0.2, 0) is 25.7 Å². The Bertz CT molecular complexity index is 2710. The van der Waals surface area contributed by atoms with E-state index in [2.05, 4.69) is 32.0 Å². The second kappa shape index (κ2) is 16.3. The number of imide groups is 1. The molecule has 5 aliphatic rings. The summed E-state index contributed by atoms with van der Waals surface area (Å²) in [7, 11) is 0. The normalized spacial score (nSPS) is 20.8. The van der Waals surface area contributed by atoms with Crippen LogP contribution in [0.1, 0.15) is 66.1 Å². The monoisotopic (exact) mass is 846 g/mol. The highest BCUT2D eigenvalue weighted by Crippen LogP contribution is 2.50. The molecule has 63 heavy (non-hydrogen) atoms. The maximum atomic E-state index is 14.3. The molecule has 4 fully saturated rings. The van der Waals surface area contributed by atoms with Crippen LogP contribution in [0.15, 0.2) is 79.1 Å². The second-order valence-corrected chi connectivity index (χ2v) is 17.0. The van der Waals surface area contributed by atoms with Crippen LogP contribution in [-0.4, -0.2) is 121 Å². The number of anilines is 1. The van der Waals surface area contributed by atoms with Crippen molar-refractivity contribution >= 4 is 46.4 Å². The third kappa shape index (κ3) is 7.62. The number of carbonyl (C=O) groups excluding carboxylic acids is 5. The highest BCUT2D eigenvalue weighted by atomic mass is 16.5. The molecule has 1 aliphatic carbocycles. The number of hydrogen-bond acceptors (Lipinski definition) is 11. The van der Waals surface area contributed by atoms with Crippen LogP contribution in [0.2, 0.25) is 0 Å². The molecular formula is C47H46N10O6. The first-order valence-electron chi connectivity index (χ1n) is 21.5. The number of benzene rings is 3. The van der Waals surface area contributed by atoms with Gasteiger partial charge in [0.15, 0.2) is 5.65 Å². The number of ether oxygens (including phenoxy) is 1. The average Bonchev–Trinajstić information content (AvgIpc) is 3.93. The van der Waals surface area contributed by atoms with Crippen molar-refractivity contribution in [1.29, 1.82) is 0 Å². The number of hydrogen-bond donors (Lipinski definition) is 2. The maximum absolute atomic E-state index is 14.3. The van der Waals surface area contributed by atoms with Gasteiger partial charge in [-0.15, -0.1) is 0 Å². The first kappa shape index (κ1) is 40.0.